The van der Waals surface area contributed by atoms with Crippen molar-refractivity contribution in [2.24, 2.45) is 0 Å². The van der Waals surface area contributed by atoms with Crippen molar-refractivity contribution in [1.29, 1.82) is 0 Å². The molecule has 1 N–H and O–H groups in total. The van der Waals surface area contributed by atoms with Gasteiger partial charge in [-0.25, -0.2) is 0 Å². The van der Waals surface area contributed by atoms with Gasteiger partial charge in [-0.15, -0.1) is 0 Å². The van der Waals surface area contributed by atoms with Crippen LogP contribution in [0.2, 0.25) is 0 Å². The summed E-state index contributed by atoms with van der Waals surface area (Å²) >= 11 is 2.01. The molecule has 31 heavy (non-hydrogen) atoms. The summed E-state index contributed by atoms with van der Waals surface area (Å²) < 4.78 is 51.9. The lowest BCUT2D eigenvalue weighted by Gasteiger charge is -2.17. The SMILES string of the molecule is CCOc1c(I)cc(C(=O)Nc2ccccc2C(F)(F)F)cc1OCc1ccccc1. The van der Waals surface area contributed by atoms with E-state index in [0.717, 1.165) is 11.6 Å². The number of alkyl halides is 3. The van der Waals surface area contributed by atoms with Gasteiger partial charge in [-0.05, 0) is 59.3 Å². The molecule has 0 fully saturated rings. The van der Waals surface area contributed by atoms with Gasteiger partial charge in [0, 0.05) is 5.56 Å². The summed E-state index contributed by atoms with van der Waals surface area (Å²) in [5.74, 6) is 0.139. The van der Waals surface area contributed by atoms with Crippen molar-refractivity contribution in [3.8, 4) is 11.5 Å². The van der Waals surface area contributed by atoms with Crippen LogP contribution in [0.4, 0.5) is 18.9 Å². The molecular weight excluding hydrogens is 522 g/mol. The fraction of sp³-hybridized carbons (Fsp3) is 0.174. The summed E-state index contributed by atoms with van der Waals surface area (Å²) in [5.41, 5.74) is -0.137. The lowest BCUT2D eigenvalue weighted by atomic mass is 10.1. The molecule has 0 heterocycles. The Morgan fingerprint density at radius 3 is 2.35 bits per heavy atom. The third-order valence-electron chi connectivity index (χ3n) is 4.28. The number of nitrogens with one attached hydrogen (secondary N) is 1. The second-order valence-electron chi connectivity index (χ2n) is 6.49. The van der Waals surface area contributed by atoms with Crippen LogP contribution in [-0.4, -0.2) is 12.5 Å². The first-order valence-electron chi connectivity index (χ1n) is 9.40. The van der Waals surface area contributed by atoms with Crippen molar-refractivity contribution in [3.05, 3.63) is 87.0 Å². The third-order valence-corrected chi connectivity index (χ3v) is 5.08. The smallest absolute Gasteiger partial charge is 0.418 e. The highest BCUT2D eigenvalue weighted by atomic mass is 127. The molecule has 4 nitrogen and oxygen atoms in total. The summed E-state index contributed by atoms with van der Waals surface area (Å²) in [6, 6.07) is 17.3. The molecule has 0 aliphatic carbocycles. The molecule has 0 spiro atoms. The maximum atomic E-state index is 13.2. The Hall–Kier alpha value is -2.75. The Morgan fingerprint density at radius 2 is 1.68 bits per heavy atom. The van der Waals surface area contributed by atoms with Gasteiger partial charge in [0.25, 0.3) is 5.91 Å². The molecule has 0 saturated heterocycles. The number of halogens is 4. The molecule has 8 heteroatoms. The van der Waals surface area contributed by atoms with E-state index in [0.29, 0.717) is 21.7 Å². The van der Waals surface area contributed by atoms with E-state index in [-0.39, 0.29) is 17.9 Å². The third kappa shape index (κ3) is 5.90. The molecule has 0 aromatic heterocycles. The van der Waals surface area contributed by atoms with Crippen molar-refractivity contribution >= 4 is 34.2 Å². The molecule has 1 amide bonds. The van der Waals surface area contributed by atoms with Gasteiger partial charge in [-0.1, -0.05) is 42.5 Å². The second kappa shape index (κ2) is 10.0. The summed E-state index contributed by atoms with van der Waals surface area (Å²) in [6.45, 7) is 2.47. The van der Waals surface area contributed by atoms with Gasteiger partial charge in [-0.2, -0.15) is 13.2 Å². The van der Waals surface area contributed by atoms with Crippen LogP contribution in [0.25, 0.3) is 0 Å². The normalized spacial score (nSPS) is 11.1. The largest absolute Gasteiger partial charge is 0.489 e. The number of hydrogen-bond acceptors (Lipinski definition) is 3. The average Bonchev–Trinajstić information content (AvgIpc) is 2.74. The van der Waals surface area contributed by atoms with Crippen LogP contribution < -0.4 is 14.8 Å². The zero-order valence-electron chi connectivity index (χ0n) is 16.5. The first kappa shape index (κ1) is 22.9. The Kier molecular flexibility index (Phi) is 7.42. The average molecular weight is 541 g/mol. The summed E-state index contributed by atoms with van der Waals surface area (Å²) in [7, 11) is 0. The summed E-state index contributed by atoms with van der Waals surface area (Å²) in [5, 5.41) is 2.35. The predicted molar refractivity (Wildman–Crippen MR) is 120 cm³/mol. The van der Waals surface area contributed by atoms with Crippen LogP contribution in [0.15, 0.2) is 66.7 Å². The number of hydrogen-bond donors (Lipinski definition) is 1. The van der Waals surface area contributed by atoms with E-state index in [1.165, 1.54) is 24.3 Å². The highest BCUT2D eigenvalue weighted by molar-refractivity contribution is 14.1. The van der Waals surface area contributed by atoms with Gasteiger partial charge >= 0.3 is 6.18 Å². The van der Waals surface area contributed by atoms with Crippen molar-refractivity contribution < 1.29 is 27.4 Å². The van der Waals surface area contributed by atoms with E-state index in [1.807, 2.05) is 59.8 Å². The topological polar surface area (TPSA) is 47.6 Å². The Balaban J connectivity index is 1.89. The maximum Gasteiger partial charge on any atom is 0.418 e. The standard InChI is InChI=1S/C23H19F3INO3/c1-2-30-21-18(27)12-16(13-20(21)31-14-15-8-4-3-5-9-15)22(29)28-19-11-7-6-10-17(19)23(24,25)26/h3-13H,2,14H2,1H3,(H,28,29). The predicted octanol–water partition coefficient (Wildman–Crippen LogP) is 6.54. The zero-order chi connectivity index (χ0) is 22.4. The molecule has 0 aliphatic heterocycles. The quantitative estimate of drug-likeness (QED) is 0.346. The highest BCUT2D eigenvalue weighted by Crippen LogP contribution is 2.37. The van der Waals surface area contributed by atoms with Gasteiger partial charge in [0.1, 0.15) is 6.61 Å². The Morgan fingerprint density at radius 1 is 1.00 bits per heavy atom. The van der Waals surface area contributed by atoms with Gasteiger partial charge in [0.05, 0.1) is 21.4 Å². The van der Waals surface area contributed by atoms with Gasteiger partial charge in [-0.3, -0.25) is 4.79 Å². The minimum atomic E-state index is -4.58. The van der Waals surface area contributed by atoms with Crippen LogP contribution in [0, 0.1) is 3.57 Å². The van der Waals surface area contributed by atoms with Crippen LogP contribution in [0.5, 0.6) is 11.5 Å². The van der Waals surface area contributed by atoms with Crippen LogP contribution in [-0.2, 0) is 12.8 Å². The van der Waals surface area contributed by atoms with Crippen LogP contribution in [0.1, 0.15) is 28.4 Å². The number of carbonyl (C=O) groups excluding carboxylic acids is 1. The fourth-order valence-corrected chi connectivity index (χ4v) is 3.62. The maximum absolute atomic E-state index is 13.2. The monoisotopic (exact) mass is 541 g/mol. The number of benzene rings is 3. The minimum Gasteiger partial charge on any atom is -0.489 e. The lowest BCUT2D eigenvalue weighted by Crippen LogP contribution is -2.17. The van der Waals surface area contributed by atoms with E-state index >= 15 is 0 Å². The Labute approximate surface area is 191 Å². The zero-order valence-corrected chi connectivity index (χ0v) is 18.7. The molecule has 3 aromatic carbocycles. The highest BCUT2D eigenvalue weighted by Gasteiger charge is 2.33. The molecule has 0 unspecified atom stereocenters. The number of amides is 1. The first-order chi connectivity index (χ1) is 14.8. The fourth-order valence-electron chi connectivity index (χ4n) is 2.86. The van der Waals surface area contributed by atoms with E-state index in [1.54, 1.807) is 6.07 Å². The first-order valence-corrected chi connectivity index (χ1v) is 10.5. The molecule has 0 bridgehead atoms. The molecule has 0 radical (unpaired) electrons. The van der Waals surface area contributed by atoms with Crippen LogP contribution in [0.3, 0.4) is 0 Å². The molecule has 3 aromatic rings. The molecule has 3 rings (SSSR count). The van der Waals surface area contributed by atoms with E-state index in [4.69, 9.17) is 9.47 Å². The van der Waals surface area contributed by atoms with E-state index in [2.05, 4.69) is 5.32 Å². The van der Waals surface area contributed by atoms with Gasteiger partial charge in [0.15, 0.2) is 11.5 Å². The number of ether oxygens (including phenoxy) is 2. The minimum absolute atomic E-state index is 0.160. The Bertz CT molecular complexity index is 1060. The molecular formula is C23H19F3INO3. The number of anilines is 1. The van der Waals surface area contributed by atoms with Crippen molar-refractivity contribution in [1.82, 2.24) is 0 Å². The summed E-state index contributed by atoms with van der Waals surface area (Å²) in [6.07, 6.45) is -4.58. The number of carbonyl (C=O) groups is 1. The van der Waals surface area contributed by atoms with E-state index < -0.39 is 17.6 Å². The molecule has 162 valence electrons. The van der Waals surface area contributed by atoms with E-state index in [9.17, 15) is 18.0 Å². The molecule has 0 atom stereocenters. The van der Waals surface area contributed by atoms with Crippen LogP contribution >= 0.6 is 22.6 Å². The molecule has 0 aliphatic rings. The van der Waals surface area contributed by atoms with Crippen molar-refractivity contribution in [2.45, 2.75) is 19.7 Å². The number of rotatable bonds is 7. The number of para-hydroxylation sites is 1. The van der Waals surface area contributed by atoms with Gasteiger partial charge < -0.3 is 14.8 Å². The van der Waals surface area contributed by atoms with Crippen molar-refractivity contribution in [2.75, 3.05) is 11.9 Å². The molecule has 0 saturated carbocycles. The van der Waals surface area contributed by atoms with Crippen molar-refractivity contribution in [3.63, 3.8) is 0 Å². The second-order valence-corrected chi connectivity index (χ2v) is 7.65. The van der Waals surface area contributed by atoms with Gasteiger partial charge in [0.2, 0.25) is 0 Å². The summed E-state index contributed by atoms with van der Waals surface area (Å²) in [4.78, 5) is 12.8. The lowest BCUT2D eigenvalue weighted by molar-refractivity contribution is -0.136.